The predicted octanol–water partition coefficient (Wildman–Crippen LogP) is 5.87. The molecule has 41 heavy (non-hydrogen) atoms. The molecule has 1 saturated carbocycles. The van der Waals surface area contributed by atoms with Crippen molar-refractivity contribution >= 4 is 52.4 Å². The molecule has 11 nitrogen and oxygen atoms in total. The van der Waals surface area contributed by atoms with Crippen molar-refractivity contribution in [1.29, 1.82) is 0 Å². The van der Waals surface area contributed by atoms with Crippen molar-refractivity contribution in [1.82, 2.24) is 24.9 Å². The smallest absolute Gasteiger partial charge is 0.211 e. The molecule has 1 aliphatic rings. The van der Waals surface area contributed by atoms with Crippen LogP contribution < -0.4 is 21.1 Å². The molecule has 12 heteroatoms. The summed E-state index contributed by atoms with van der Waals surface area (Å²) in [5, 5.41) is 15.6. The Morgan fingerprint density at radius 1 is 1.05 bits per heavy atom. The van der Waals surface area contributed by atoms with Crippen molar-refractivity contribution in [2.24, 2.45) is 0 Å². The molecule has 5 N–H and O–H groups in total. The number of carbonyl (C=O) groups excluding carboxylic acids is 1. The van der Waals surface area contributed by atoms with E-state index in [0.29, 0.717) is 28.9 Å². The normalized spacial score (nSPS) is 12.9. The molecule has 0 radical (unpaired) electrons. The summed E-state index contributed by atoms with van der Waals surface area (Å²) in [5.74, 6) is 2.07. The molecule has 0 saturated heterocycles. The Kier molecular flexibility index (Phi) is 8.11. The van der Waals surface area contributed by atoms with E-state index >= 15 is 0 Å². The van der Waals surface area contributed by atoms with E-state index in [1.165, 1.54) is 19.2 Å². The molecule has 1 fully saturated rings. The van der Waals surface area contributed by atoms with Crippen molar-refractivity contribution in [2.75, 3.05) is 28.1 Å². The summed E-state index contributed by atoms with van der Waals surface area (Å²) < 4.78 is 10.2. The summed E-state index contributed by atoms with van der Waals surface area (Å²) in [5.41, 5.74) is 11.1. The van der Waals surface area contributed by atoms with Crippen LogP contribution in [0.5, 0.6) is 0 Å². The van der Waals surface area contributed by atoms with Gasteiger partial charge in [0, 0.05) is 40.7 Å². The fourth-order valence-electron chi connectivity index (χ4n) is 3.90. The third-order valence-electron chi connectivity index (χ3n) is 6.36. The van der Waals surface area contributed by atoms with Gasteiger partial charge in [0.05, 0.1) is 11.1 Å². The van der Waals surface area contributed by atoms with Gasteiger partial charge in [-0.25, -0.2) is 14.6 Å². The van der Waals surface area contributed by atoms with Crippen LogP contribution in [-0.2, 0) is 10.2 Å². The minimum atomic E-state index is 0.0437. The molecule has 1 amide bonds. The maximum absolute atomic E-state index is 10.6. The van der Waals surface area contributed by atoms with Crippen LogP contribution >= 0.6 is 11.9 Å². The van der Waals surface area contributed by atoms with Gasteiger partial charge in [0.1, 0.15) is 23.6 Å². The van der Waals surface area contributed by atoms with Crippen molar-refractivity contribution in [3.8, 4) is 16.9 Å². The minimum Gasteiger partial charge on any atom is -0.383 e. The van der Waals surface area contributed by atoms with Crippen molar-refractivity contribution in [2.45, 2.75) is 44.3 Å². The van der Waals surface area contributed by atoms with E-state index in [1.807, 2.05) is 49.5 Å². The third-order valence-corrected chi connectivity index (χ3v) is 7.52. The minimum absolute atomic E-state index is 0.0437. The molecule has 0 spiro atoms. The lowest BCUT2D eigenvalue weighted by atomic mass is 9.93. The van der Waals surface area contributed by atoms with E-state index in [0.717, 1.165) is 39.5 Å². The lowest BCUT2D eigenvalue weighted by Crippen LogP contribution is -2.09. The Balaban J connectivity index is 0.000000259. The fourth-order valence-corrected chi connectivity index (χ4v) is 4.71. The summed E-state index contributed by atoms with van der Waals surface area (Å²) in [4.78, 5) is 19.2. The number of hydrogen-bond acceptors (Lipinski definition) is 10. The number of aromatic nitrogens is 5. The van der Waals surface area contributed by atoms with Crippen LogP contribution in [0.15, 0.2) is 65.4 Å². The molecule has 0 atom stereocenters. The second-order valence-corrected chi connectivity index (χ2v) is 11.7. The SMILES string of the molecule is CNc1cc(C(C)(C)C)on1.Nc1ncnc2c1c(-c1ccc(NSC3CC3)cc1)nn2-c1ccc(NC=O)cc1. The number of anilines is 4. The molecule has 5 aromatic rings. The van der Waals surface area contributed by atoms with Gasteiger partial charge in [-0.15, -0.1) is 0 Å². The summed E-state index contributed by atoms with van der Waals surface area (Å²) in [6.45, 7) is 6.27. The number of nitrogens with one attached hydrogen (secondary N) is 3. The largest absolute Gasteiger partial charge is 0.383 e. The summed E-state index contributed by atoms with van der Waals surface area (Å²) in [7, 11) is 1.82. The number of hydrogen-bond donors (Lipinski definition) is 4. The number of nitrogens with zero attached hydrogens (tertiary/aromatic N) is 5. The van der Waals surface area contributed by atoms with Gasteiger partial charge in [-0.3, -0.25) is 4.79 Å². The van der Waals surface area contributed by atoms with Crippen molar-refractivity contribution in [3.63, 3.8) is 0 Å². The van der Waals surface area contributed by atoms with E-state index in [1.54, 1.807) is 28.8 Å². The molecule has 6 rings (SSSR count). The van der Waals surface area contributed by atoms with Crippen LogP contribution in [0.25, 0.3) is 28.0 Å². The Morgan fingerprint density at radius 3 is 2.34 bits per heavy atom. The van der Waals surface area contributed by atoms with Gasteiger partial charge in [0.25, 0.3) is 0 Å². The molecule has 2 aromatic carbocycles. The van der Waals surface area contributed by atoms with E-state index < -0.39 is 0 Å². The van der Waals surface area contributed by atoms with Crippen LogP contribution in [0.1, 0.15) is 39.4 Å². The lowest BCUT2D eigenvalue weighted by molar-refractivity contribution is -0.105. The highest BCUT2D eigenvalue weighted by molar-refractivity contribution is 8.01. The van der Waals surface area contributed by atoms with Gasteiger partial charge < -0.3 is 25.6 Å². The maximum Gasteiger partial charge on any atom is 0.211 e. The number of rotatable bonds is 8. The summed E-state index contributed by atoms with van der Waals surface area (Å²) in [6.07, 6.45) is 4.64. The van der Waals surface area contributed by atoms with E-state index in [9.17, 15) is 4.79 Å². The molecule has 3 heterocycles. The fraction of sp³-hybridized carbons (Fsp3) is 0.276. The Bertz CT molecular complexity index is 1620. The topological polar surface area (TPSA) is 149 Å². The van der Waals surface area contributed by atoms with Gasteiger partial charge >= 0.3 is 0 Å². The molecule has 0 aliphatic heterocycles. The highest BCUT2D eigenvalue weighted by Gasteiger charge is 2.22. The summed E-state index contributed by atoms with van der Waals surface area (Å²) >= 11 is 1.77. The molecule has 1 aliphatic carbocycles. The average Bonchev–Trinajstić information content (AvgIpc) is 3.50. The molecule has 3 aromatic heterocycles. The van der Waals surface area contributed by atoms with Crippen LogP contribution in [0.2, 0.25) is 0 Å². The number of nitrogens with two attached hydrogens (primary N) is 1. The standard InChI is InChI=1S/C21H19N7OS.C8H14N2O/c22-20-18-19(13-1-3-15(4-2-13)27-30-17-9-10-17)26-28(21(18)24-11-23-20)16-7-5-14(6-8-16)25-12-29;1-8(2,3)6-5-7(9-4)10-11-6/h1-8,11-12,17,27H,9-10H2,(H,25,29)(H2,22,23,24);5H,1-4H3,(H,9,10). The second kappa shape index (κ2) is 11.9. The zero-order chi connectivity index (χ0) is 29.0. The highest BCUT2D eigenvalue weighted by Crippen LogP contribution is 2.36. The highest BCUT2D eigenvalue weighted by atomic mass is 32.2. The van der Waals surface area contributed by atoms with Gasteiger partial charge in [-0.1, -0.05) is 38.1 Å². The van der Waals surface area contributed by atoms with E-state index in [4.69, 9.17) is 15.4 Å². The zero-order valence-corrected chi connectivity index (χ0v) is 24.2. The molecule has 212 valence electrons. The number of carbonyl (C=O) groups is 1. The second-order valence-electron chi connectivity index (χ2n) is 10.6. The van der Waals surface area contributed by atoms with E-state index in [-0.39, 0.29) is 5.41 Å². The first kappa shape index (κ1) is 28.0. The number of nitrogen functional groups attached to an aromatic ring is 1. The van der Waals surface area contributed by atoms with Gasteiger partial charge in [0.2, 0.25) is 6.41 Å². The number of amides is 1. The van der Waals surface area contributed by atoms with Crippen LogP contribution in [0.3, 0.4) is 0 Å². The van der Waals surface area contributed by atoms with Gasteiger partial charge in [-0.05, 0) is 61.2 Å². The summed E-state index contributed by atoms with van der Waals surface area (Å²) in [6, 6.07) is 17.4. The molecule has 0 unspecified atom stereocenters. The lowest BCUT2D eigenvalue weighted by Gasteiger charge is -2.11. The first-order valence-corrected chi connectivity index (χ1v) is 14.1. The van der Waals surface area contributed by atoms with Crippen molar-refractivity contribution in [3.05, 3.63) is 66.7 Å². The predicted molar refractivity (Wildman–Crippen MR) is 165 cm³/mol. The average molecular weight is 572 g/mol. The van der Waals surface area contributed by atoms with Crippen molar-refractivity contribution < 1.29 is 9.32 Å². The quantitative estimate of drug-likeness (QED) is 0.132. The Hall–Kier alpha value is -4.58. The van der Waals surface area contributed by atoms with Crippen LogP contribution in [0, 0.1) is 0 Å². The molecular weight excluding hydrogens is 538 g/mol. The Morgan fingerprint density at radius 2 is 1.76 bits per heavy atom. The zero-order valence-electron chi connectivity index (χ0n) is 23.4. The first-order chi connectivity index (χ1) is 19.8. The van der Waals surface area contributed by atoms with E-state index in [2.05, 4.69) is 51.3 Å². The first-order valence-electron chi connectivity index (χ1n) is 13.2. The van der Waals surface area contributed by atoms with Gasteiger partial charge in [-0.2, -0.15) is 5.10 Å². The monoisotopic (exact) mass is 571 g/mol. The number of benzene rings is 2. The third kappa shape index (κ3) is 6.60. The maximum atomic E-state index is 10.6. The Labute approximate surface area is 242 Å². The molecular formula is C29H33N9O2S. The van der Waals surface area contributed by atoms with Gasteiger partial charge in [0.15, 0.2) is 11.5 Å². The van der Waals surface area contributed by atoms with Crippen LogP contribution in [0.4, 0.5) is 23.0 Å². The number of fused-ring (bicyclic) bond motifs is 1. The molecule has 0 bridgehead atoms. The van der Waals surface area contributed by atoms with Crippen LogP contribution in [-0.4, -0.2) is 43.6 Å².